The number of thiazole rings is 1. The molecule has 0 unspecified atom stereocenters. The van der Waals surface area contributed by atoms with E-state index >= 15 is 0 Å². The van der Waals surface area contributed by atoms with Gasteiger partial charge in [-0.2, -0.15) is 0 Å². The van der Waals surface area contributed by atoms with E-state index in [0.29, 0.717) is 5.56 Å². The van der Waals surface area contributed by atoms with E-state index in [2.05, 4.69) is 6.07 Å². The molecule has 0 N–H and O–H groups in total. The van der Waals surface area contributed by atoms with Crippen molar-refractivity contribution < 1.29 is 9.59 Å². The maximum atomic E-state index is 13.6. The third kappa shape index (κ3) is 5.46. The first-order chi connectivity index (χ1) is 22.0. The molecule has 0 saturated carbocycles. The molecular weight excluding hydrogens is 579 g/mol. The molecule has 1 spiro atoms. The lowest BCUT2D eigenvalue weighted by Gasteiger charge is -2.47. The highest BCUT2D eigenvalue weighted by molar-refractivity contribution is 7.15. The molecule has 3 aromatic heterocycles. The van der Waals surface area contributed by atoms with Crippen molar-refractivity contribution in [2.24, 2.45) is 5.41 Å². The fourth-order valence-corrected chi connectivity index (χ4v) is 8.53. The summed E-state index contributed by atoms with van der Waals surface area (Å²) in [4.78, 5) is 42.2. The second kappa shape index (κ2) is 11.6. The topological polar surface area (TPSA) is 70.8 Å². The minimum Gasteiger partial charge on any atom is -0.339 e. The monoisotopic (exact) mass is 615 g/mol. The molecule has 2 saturated heterocycles. The highest BCUT2D eigenvalue weighted by atomic mass is 32.1. The van der Waals surface area contributed by atoms with Crippen LogP contribution in [-0.4, -0.2) is 62.2 Å². The second-order valence-corrected chi connectivity index (χ2v) is 14.0. The highest BCUT2D eigenvalue weighted by Gasteiger charge is 2.39. The fraction of sp³-hybridized carbons (Fsp3) is 0.351. The summed E-state index contributed by atoms with van der Waals surface area (Å²) in [6.07, 6.45) is 12.6. The number of hydrogen-bond donors (Lipinski definition) is 0. The van der Waals surface area contributed by atoms with Gasteiger partial charge in [-0.3, -0.25) is 9.59 Å². The molecule has 0 radical (unpaired) electrons. The van der Waals surface area contributed by atoms with Crippen molar-refractivity contribution in [1.29, 1.82) is 0 Å². The van der Waals surface area contributed by atoms with Crippen molar-refractivity contribution in [2.45, 2.75) is 51.4 Å². The van der Waals surface area contributed by atoms with Crippen LogP contribution in [0.1, 0.15) is 69.8 Å². The van der Waals surface area contributed by atoms with Crippen LogP contribution in [-0.2, 0) is 12.8 Å². The Balaban J connectivity index is 0.886. The molecule has 7 nitrogen and oxygen atoms in total. The van der Waals surface area contributed by atoms with E-state index in [4.69, 9.17) is 9.97 Å². The largest absolute Gasteiger partial charge is 0.339 e. The number of hydrogen-bond acceptors (Lipinski definition) is 5. The van der Waals surface area contributed by atoms with Gasteiger partial charge in [-0.15, -0.1) is 11.3 Å². The Morgan fingerprint density at radius 3 is 2.02 bits per heavy atom. The number of rotatable bonds is 4. The molecule has 0 atom stereocenters. The molecule has 8 rings (SSSR count). The van der Waals surface area contributed by atoms with Crippen molar-refractivity contribution in [3.05, 3.63) is 101 Å². The van der Waals surface area contributed by atoms with E-state index in [1.165, 1.54) is 23.4 Å². The third-order valence-corrected chi connectivity index (χ3v) is 11.4. The molecule has 45 heavy (non-hydrogen) atoms. The van der Waals surface area contributed by atoms with E-state index in [1.807, 2.05) is 87.3 Å². The normalized spacial score (nSPS) is 17.9. The summed E-state index contributed by atoms with van der Waals surface area (Å²) in [6, 6.07) is 21.8. The number of fused-ring (bicyclic) bond motifs is 2. The lowest BCUT2D eigenvalue weighted by atomic mass is 9.71. The average molecular weight is 616 g/mol. The number of aryl methyl sites for hydroxylation is 2. The summed E-state index contributed by atoms with van der Waals surface area (Å²) in [5, 5.41) is 1.04. The van der Waals surface area contributed by atoms with Gasteiger partial charge < -0.3 is 14.2 Å². The number of nitrogens with zero attached hydrogens (tertiary/aromatic N) is 5. The minimum atomic E-state index is 0.0871. The number of pyridine rings is 1. The number of carbonyl (C=O) groups is 2. The smallest absolute Gasteiger partial charge is 0.253 e. The van der Waals surface area contributed by atoms with E-state index < -0.39 is 0 Å². The highest BCUT2D eigenvalue weighted by Crippen LogP contribution is 2.42. The van der Waals surface area contributed by atoms with Gasteiger partial charge in [-0.1, -0.05) is 30.3 Å². The van der Waals surface area contributed by atoms with Crippen LogP contribution in [0.5, 0.6) is 0 Å². The van der Waals surface area contributed by atoms with Gasteiger partial charge in [-0.05, 0) is 93.2 Å². The SMILES string of the molecule is O=C(c1cccc(-c2cn3ccccc3n2)c1)N1CCC2(CC1)CCN(C(=O)c1cccc(-c3nc4c(s3)CCCC4)c1)CC2. The van der Waals surface area contributed by atoms with Crippen LogP contribution in [0.25, 0.3) is 27.5 Å². The maximum absolute atomic E-state index is 13.6. The van der Waals surface area contributed by atoms with Crippen molar-refractivity contribution in [3.63, 3.8) is 0 Å². The summed E-state index contributed by atoms with van der Waals surface area (Å²) < 4.78 is 2.00. The number of amides is 2. The zero-order valence-electron chi connectivity index (χ0n) is 25.5. The van der Waals surface area contributed by atoms with Gasteiger partial charge in [0.05, 0.1) is 11.4 Å². The number of aromatic nitrogens is 3. The summed E-state index contributed by atoms with van der Waals surface area (Å²) in [7, 11) is 0. The Bertz CT molecular complexity index is 1830. The van der Waals surface area contributed by atoms with Crippen LogP contribution in [0, 0.1) is 5.41 Å². The van der Waals surface area contributed by atoms with Gasteiger partial charge in [0.25, 0.3) is 11.8 Å². The predicted molar refractivity (Wildman–Crippen MR) is 178 cm³/mol. The van der Waals surface area contributed by atoms with Crippen LogP contribution >= 0.6 is 11.3 Å². The van der Waals surface area contributed by atoms with Crippen molar-refractivity contribution in [2.75, 3.05) is 26.2 Å². The molecule has 5 aromatic rings. The summed E-state index contributed by atoms with van der Waals surface area (Å²) in [6.45, 7) is 3.05. The van der Waals surface area contributed by atoms with E-state index in [1.54, 1.807) is 11.3 Å². The molecule has 2 fully saturated rings. The van der Waals surface area contributed by atoms with Crippen LogP contribution < -0.4 is 0 Å². The molecule has 3 aliphatic rings. The summed E-state index contributed by atoms with van der Waals surface area (Å²) in [5.41, 5.74) is 6.67. The number of likely N-dealkylation sites (tertiary alicyclic amines) is 2. The zero-order valence-corrected chi connectivity index (χ0v) is 26.3. The Morgan fingerprint density at radius 1 is 0.711 bits per heavy atom. The molecule has 0 bridgehead atoms. The molecule has 2 amide bonds. The fourth-order valence-electron chi connectivity index (χ4n) is 7.38. The number of imidazole rings is 1. The number of piperidine rings is 2. The quantitative estimate of drug-likeness (QED) is 0.215. The standard InChI is InChI=1S/C37H37N5O2S/c43-35(28-9-5-7-26(23-28)31-25-42-18-4-3-13-33(42)38-31)40-19-14-37(15-20-40)16-21-41(22-17-37)36(44)29-10-6-8-27(24-29)34-39-30-11-1-2-12-32(30)45-34/h3-10,13,18,23-25H,1-2,11-12,14-17,19-22H2. The van der Waals surface area contributed by atoms with Gasteiger partial charge in [0, 0.05) is 65.7 Å². The summed E-state index contributed by atoms with van der Waals surface area (Å²) in [5.74, 6) is 0.204. The van der Waals surface area contributed by atoms with Crippen LogP contribution in [0.15, 0.2) is 79.1 Å². The zero-order chi connectivity index (χ0) is 30.4. The molecule has 2 aliphatic heterocycles. The van der Waals surface area contributed by atoms with Gasteiger partial charge in [0.1, 0.15) is 10.7 Å². The van der Waals surface area contributed by atoms with E-state index in [-0.39, 0.29) is 17.2 Å². The van der Waals surface area contributed by atoms with Crippen LogP contribution in [0.4, 0.5) is 0 Å². The number of benzene rings is 2. The molecule has 1 aliphatic carbocycles. The van der Waals surface area contributed by atoms with Gasteiger partial charge in [-0.25, -0.2) is 9.97 Å². The van der Waals surface area contributed by atoms with E-state index in [0.717, 1.165) is 97.7 Å². The lowest BCUT2D eigenvalue weighted by Crippen LogP contribution is -2.49. The third-order valence-electron chi connectivity index (χ3n) is 10.2. The Hall–Kier alpha value is -4.30. The van der Waals surface area contributed by atoms with Crippen molar-refractivity contribution in [1.82, 2.24) is 24.2 Å². The number of carbonyl (C=O) groups excluding carboxylic acids is 2. The molecule has 8 heteroatoms. The van der Waals surface area contributed by atoms with Crippen LogP contribution in [0.3, 0.4) is 0 Å². The first-order valence-electron chi connectivity index (χ1n) is 16.3. The average Bonchev–Trinajstić information content (AvgIpc) is 3.74. The lowest BCUT2D eigenvalue weighted by molar-refractivity contribution is 0.0280. The molecular formula is C37H37N5O2S. The summed E-state index contributed by atoms with van der Waals surface area (Å²) >= 11 is 1.79. The first-order valence-corrected chi connectivity index (χ1v) is 17.1. The first kappa shape index (κ1) is 28.2. The van der Waals surface area contributed by atoms with Gasteiger partial charge in [0.2, 0.25) is 0 Å². The molecule has 228 valence electrons. The Kier molecular flexibility index (Phi) is 7.25. The van der Waals surface area contributed by atoms with Crippen molar-refractivity contribution >= 4 is 28.8 Å². The predicted octanol–water partition coefficient (Wildman–Crippen LogP) is 7.16. The Morgan fingerprint density at radius 2 is 1.36 bits per heavy atom. The van der Waals surface area contributed by atoms with Gasteiger partial charge >= 0.3 is 0 Å². The second-order valence-electron chi connectivity index (χ2n) is 12.9. The maximum Gasteiger partial charge on any atom is 0.253 e. The molecule has 5 heterocycles. The Labute approximate surface area is 267 Å². The molecule has 2 aromatic carbocycles. The van der Waals surface area contributed by atoms with Crippen LogP contribution in [0.2, 0.25) is 0 Å². The van der Waals surface area contributed by atoms with Gasteiger partial charge in [0.15, 0.2) is 0 Å². The van der Waals surface area contributed by atoms with E-state index in [9.17, 15) is 9.59 Å². The minimum absolute atomic E-state index is 0.0871. The van der Waals surface area contributed by atoms with Crippen molar-refractivity contribution in [3.8, 4) is 21.8 Å².